The van der Waals surface area contributed by atoms with Crippen LogP contribution in [0.4, 0.5) is 0 Å². The lowest BCUT2D eigenvalue weighted by Gasteiger charge is -2.14. The van der Waals surface area contributed by atoms with Gasteiger partial charge in [-0.15, -0.1) is 0 Å². The molecule has 1 atom stereocenters. The highest BCUT2D eigenvalue weighted by molar-refractivity contribution is 6.30. The summed E-state index contributed by atoms with van der Waals surface area (Å²) in [7, 11) is 3.92. The van der Waals surface area contributed by atoms with Crippen LogP contribution in [0.5, 0.6) is 0 Å². The Bertz CT molecular complexity index is 311. The normalized spacial score (nSPS) is 12.5. The third-order valence-corrected chi connectivity index (χ3v) is 2.16. The Balaban J connectivity index is 2.94. The molecule has 0 saturated carbocycles. The maximum Gasteiger partial charge on any atom is 0.200 e. The molecule has 0 fully saturated rings. The van der Waals surface area contributed by atoms with Crippen LogP contribution >= 0.6 is 11.6 Å². The van der Waals surface area contributed by atoms with Crippen LogP contribution in [0.1, 0.15) is 11.6 Å². The van der Waals surface area contributed by atoms with Crippen molar-refractivity contribution in [1.82, 2.24) is 0 Å². The average molecular weight is 196 g/mol. The van der Waals surface area contributed by atoms with Crippen LogP contribution in [0.2, 0.25) is 5.02 Å². The van der Waals surface area contributed by atoms with Gasteiger partial charge in [0.1, 0.15) is 6.07 Å². The fourth-order valence-electron chi connectivity index (χ4n) is 1.19. The fourth-order valence-corrected chi connectivity index (χ4v) is 1.32. The SMILES string of the molecule is C[NH+](C)[C@@H](C#N)c1ccc(Cl)cc1. The standard InChI is InChI=1S/C10H11ClN2/c1-13(2)10(7-12)8-3-5-9(11)6-4-8/h3-6,10H,1-2H3/p+1/t10-/m0/s1. The number of benzene rings is 1. The van der Waals surface area contributed by atoms with Gasteiger partial charge in [-0.3, -0.25) is 0 Å². The van der Waals surface area contributed by atoms with Gasteiger partial charge in [-0.1, -0.05) is 23.7 Å². The number of halogens is 1. The van der Waals surface area contributed by atoms with E-state index in [9.17, 15) is 0 Å². The Hall–Kier alpha value is -1.04. The predicted molar refractivity (Wildman–Crippen MR) is 52.6 cm³/mol. The molecule has 3 heteroatoms. The molecule has 0 aliphatic carbocycles. The lowest BCUT2D eigenvalue weighted by Crippen LogP contribution is -3.06. The number of rotatable bonds is 2. The van der Waals surface area contributed by atoms with Gasteiger partial charge in [0, 0.05) is 10.6 Å². The van der Waals surface area contributed by atoms with E-state index in [-0.39, 0.29) is 6.04 Å². The summed E-state index contributed by atoms with van der Waals surface area (Å²) in [4.78, 5) is 1.10. The first-order valence-electron chi connectivity index (χ1n) is 4.10. The third kappa shape index (κ3) is 2.45. The van der Waals surface area contributed by atoms with Gasteiger partial charge in [0.15, 0.2) is 6.04 Å². The molecule has 0 heterocycles. The van der Waals surface area contributed by atoms with E-state index in [0.717, 1.165) is 10.5 Å². The van der Waals surface area contributed by atoms with Crippen LogP contribution in [0, 0.1) is 11.3 Å². The molecule has 0 amide bonds. The summed E-state index contributed by atoms with van der Waals surface area (Å²) < 4.78 is 0. The zero-order valence-corrected chi connectivity index (χ0v) is 8.47. The first-order valence-corrected chi connectivity index (χ1v) is 4.48. The highest BCUT2D eigenvalue weighted by atomic mass is 35.5. The van der Waals surface area contributed by atoms with E-state index < -0.39 is 0 Å². The van der Waals surface area contributed by atoms with Crippen molar-refractivity contribution in [2.75, 3.05) is 14.1 Å². The van der Waals surface area contributed by atoms with E-state index in [1.165, 1.54) is 0 Å². The molecule has 1 aromatic rings. The van der Waals surface area contributed by atoms with Crippen molar-refractivity contribution in [3.05, 3.63) is 34.9 Å². The number of nitriles is 1. The molecule has 0 bridgehead atoms. The van der Waals surface area contributed by atoms with E-state index in [1.807, 2.05) is 38.4 Å². The van der Waals surface area contributed by atoms with E-state index in [1.54, 1.807) is 0 Å². The van der Waals surface area contributed by atoms with Gasteiger partial charge < -0.3 is 4.90 Å². The van der Waals surface area contributed by atoms with Gasteiger partial charge in [-0.2, -0.15) is 5.26 Å². The van der Waals surface area contributed by atoms with E-state index >= 15 is 0 Å². The van der Waals surface area contributed by atoms with Crippen LogP contribution in [-0.4, -0.2) is 14.1 Å². The number of nitrogens with zero attached hydrogens (tertiary/aromatic N) is 1. The predicted octanol–water partition coefficient (Wildman–Crippen LogP) is 1.05. The second-order valence-corrected chi connectivity index (χ2v) is 3.63. The lowest BCUT2D eigenvalue weighted by atomic mass is 10.1. The minimum Gasteiger partial charge on any atom is -0.322 e. The second kappa shape index (κ2) is 4.27. The highest BCUT2D eigenvalue weighted by Gasteiger charge is 2.15. The lowest BCUT2D eigenvalue weighted by molar-refractivity contribution is -0.882. The summed E-state index contributed by atoms with van der Waals surface area (Å²) in [6.45, 7) is 0. The van der Waals surface area contributed by atoms with Crippen molar-refractivity contribution in [2.45, 2.75) is 6.04 Å². The molecule has 0 aliphatic heterocycles. The number of hydrogen-bond donors (Lipinski definition) is 1. The van der Waals surface area contributed by atoms with Crippen LogP contribution in [0.25, 0.3) is 0 Å². The Morgan fingerprint density at radius 3 is 2.23 bits per heavy atom. The molecule has 1 N–H and O–H groups in total. The van der Waals surface area contributed by atoms with Gasteiger partial charge in [0.2, 0.25) is 0 Å². The molecule has 0 saturated heterocycles. The Morgan fingerprint density at radius 1 is 1.31 bits per heavy atom. The largest absolute Gasteiger partial charge is 0.322 e. The van der Waals surface area contributed by atoms with Gasteiger partial charge >= 0.3 is 0 Å². The smallest absolute Gasteiger partial charge is 0.200 e. The first-order chi connectivity index (χ1) is 6.15. The molecule has 0 aliphatic rings. The summed E-state index contributed by atoms with van der Waals surface area (Å²) in [5.41, 5.74) is 1.01. The molecule has 0 spiro atoms. The second-order valence-electron chi connectivity index (χ2n) is 3.19. The quantitative estimate of drug-likeness (QED) is 0.751. The molecular weight excluding hydrogens is 184 g/mol. The third-order valence-electron chi connectivity index (χ3n) is 1.91. The van der Waals surface area contributed by atoms with Crippen LogP contribution < -0.4 is 4.90 Å². The highest BCUT2D eigenvalue weighted by Crippen LogP contribution is 2.13. The molecular formula is C10H12ClN2+. The molecule has 0 aromatic heterocycles. The Kier molecular flexibility index (Phi) is 3.30. The van der Waals surface area contributed by atoms with Crippen molar-refractivity contribution in [3.63, 3.8) is 0 Å². The number of quaternary nitrogens is 1. The topological polar surface area (TPSA) is 28.2 Å². The summed E-state index contributed by atoms with van der Waals surface area (Å²) in [6, 6.07) is 9.55. The van der Waals surface area contributed by atoms with Crippen LogP contribution in [-0.2, 0) is 0 Å². The molecule has 1 aromatic carbocycles. The first kappa shape index (κ1) is 10.0. The zero-order chi connectivity index (χ0) is 9.84. The van der Waals surface area contributed by atoms with Crippen molar-refractivity contribution in [2.24, 2.45) is 0 Å². The maximum atomic E-state index is 8.92. The molecule has 68 valence electrons. The molecule has 1 rings (SSSR count). The van der Waals surface area contributed by atoms with Gasteiger partial charge in [0.05, 0.1) is 14.1 Å². The summed E-state index contributed by atoms with van der Waals surface area (Å²) in [6.07, 6.45) is 0. The molecule has 0 radical (unpaired) electrons. The van der Waals surface area contributed by atoms with Crippen molar-refractivity contribution >= 4 is 11.6 Å². The Morgan fingerprint density at radius 2 is 1.85 bits per heavy atom. The zero-order valence-electron chi connectivity index (χ0n) is 7.71. The number of hydrogen-bond acceptors (Lipinski definition) is 1. The summed E-state index contributed by atoms with van der Waals surface area (Å²) in [5.74, 6) is 0. The van der Waals surface area contributed by atoms with Crippen molar-refractivity contribution < 1.29 is 4.90 Å². The maximum absolute atomic E-state index is 8.92. The van der Waals surface area contributed by atoms with E-state index in [0.29, 0.717) is 5.02 Å². The molecule has 2 nitrogen and oxygen atoms in total. The van der Waals surface area contributed by atoms with Gasteiger partial charge in [-0.25, -0.2) is 0 Å². The van der Waals surface area contributed by atoms with Crippen LogP contribution in [0.15, 0.2) is 24.3 Å². The van der Waals surface area contributed by atoms with Crippen LogP contribution in [0.3, 0.4) is 0 Å². The minimum absolute atomic E-state index is 0.114. The van der Waals surface area contributed by atoms with E-state index in [4.69, 9.17) is 16.9 Å². The Labute approximate surface area is 83.3 Å². The monoisotopic (exact) mass is 195 g/mol. The van der Waals surface area contributed by atoms with E-state index in [2.05, 4.69) is 6.07 Å². The minimum atomic E-state index is -0.114. The fraction of sp³-hybridized carbons (Fsp3) is 0.300. The van der Waals surface area contributed by atoms with Gasteiger partial charge in [-0.05, 0) is 12.1 Å². The average Bonchev–Trinajstić information content (AvgIpc) is 2.09. The molecule has 0 unspecified atom stereocenters. The van der Waals surface area contributed by atoms with Gasteiger partial charge in [0.25, 0.3) is 0 Å². The van der Waals surface area contributed by atoms with Crippen molar-refractivity contribution in [3.8, 4) is 6.07 Å². The number of nitrogens with one attached hydrogen (secondary N) is 1. The summed E-state index contributed by atoms with van der Waals surface area (Å²) >= 11 is 5.75. The van der Waals surface area contributed by atoms with Crippen molar-refractivity contribution in [1.29, 1.82) is 5.26 Å². The molecule has 13 heavy (non-hydrogen) atoms. The summed E-state index contributed by atoms with van der Waals surface area (Å²) in [5, 5.41) is 9.62.